The average molecular weight is 341 g/mol. The third-order valence-electron chi connectivity index (χ3n) is 4.01. The van der Waals surface area contributed by atoms with Crippen molar-refractivity contribution < 1.29 is 8.78 Å². The quantitative estimate of drug-likeness (QED) is 0.222. The van der Waals surface area contributed by atoms with E-state index in [9.17, 15) is 8.78 Å². The summed E-state index contributed by atoms with van der Waals surface area (Å²) < 4.78 is 25.7. The third-order valence-corrected chi connectivity index (χ3v) is 6.35. The van der Waals surface area contributed by atoms with E-state index in [0.717, 1.165) is 12.8 Å². The van der Waals surface area contributed by atoms with Crippen LogP contribution in [0.15, 0.2) is 0 Å². The van der Waals surface area contributed by atoms with Gasteiger partial charge in [-0.25, -0.2) is 8.78 Å². The van der Waals surface area contributed by atoms with Crippen LogP contribution in [0.25, 0.3) is 0 Å². The van der Waals surface area contributed by atoms with Gasteiger partial charge in [-0.05, 0) is 25.0 Å². The van der Waals surface area contributed by atoms with Gasteiger partial charge in [-0.1, -0.05) is 86.8 Å². The first-order chi connectivity index (χ1) is 10.2. The van der Waals surface area contributed by atoms with Crippen molar-refractivity contribution >= 4 is 21.6 Å². The monoisotopic (exact) mass is 340 g/mol. The molecule has 128 valence electrons. The summed E-state index contributed by atoms with van der Waals surface area (Å²) in [5, 5.41) is 0.128. The zero-order valence-electron chi connectivity index (χ0n) is 14.1. The molecule has 1 atom stereocenters. The minimum atomic E-state index is -2.16. The van der Waals surface area contributed by atoms with Gasteiger partial charge < -0.3 is 0 Å². The van der Waals surface area contributed by atoms with Crippen LogP contribution < -0.4 is 0 Å². The lowest BCUT2D eigenvalue weighted by Crippen LogP contribution is -2.20. The Balaban J connectivity index is 4.33. The van der Waals surface area contributed by atoms with Crippen LogP contribution in [0.3, 0.4) is 0 Å². The van der Waals surface area contributed by atoms with Gasteiger partial charge in [0.25, 0.3) is 0 Å². The Kier molecular flexibility index (Phi) is 15.9. The van der Waals surface area contributed by atoms with Crippen LogP contribution in [0.4, 0.5) is 8.78 Å². The number of halogens is 2. The summed E-state index contributed by atoms with van der Waals surface area (Å²) in [7, 11) is 3.33. The smallest absolute Gasteiger partial charge is 0.210 e. The maximum absolute atomic E-state index is 12.8. The van der Waals surface area contributed by atoms with E-state index in [-0.39, 0.29) is 11.7 Å². The molecule has 0 spiro atoms. The molecule has 0 fully saturated rings. The predicted octanol–water partition coefficient (Wildman–Crippen LogP) is 7.58. The van der Waals surface area contributed by atoms with Gasteiger partial charge in [0.1, 0.15) is 0 Å². The minimum Gasteiger partial charge on any atom is -0.210 e. The van der Waals surface area contributed by atoms with E-state index < -0.39 is 6.43 Å². The molecule has 0 aliphatic carbocycles. The molecule has 0 aliphatic rings. The van der Waals surface area contributed by atoms with Crippen molar-refractivity contribution in [3.8, 4) is 0 Å². The molecule has 0 radical (unpaired) electrons. The SMILES string of the molecule is CCCCCCC(CCCCCC)C(CC(F)F)SSC. The lowest BCUT2D eigenvalue weighted by atomic mass is 9.90. The zero-order valence-corrected chi connectivity index (χ0v) is 15.7. The Morgan fingerprint density at radius 2 is 1.33 bits per heavy atom. The van der Waals surface area contributed by atoms with Crippen molar-refractivity contribution in [2.45, 2.75) is 96.2 Å². The molecule has 4 heteroatoms. The number of rotatable bonds is 15. The number of hydrogen-bond donors (Lipinski definition) is 0. The van der Waals surface area contributed by atoms with Gasteiger partial charge in [-0.2, -0.15) is 0 Å². The van der Waals surface area contributed by atoms with Crippen molar-refractivity contribution in [1.29, 1.82) is 0 Å². The fourth-order valence-electron chi connectivity index (χ4n) is 2.79. The lowest BCUT2D eigenvalue weighted by molar-refractivity contribution is 0.128. The average Bonchev–Trinajstić information content (AvgIpc) is 2.45. The van der Waals surface area contributed by atoms with E-state index in [1.54, 1.807) is 21.6 Å². The summed E-state index contributed by atoms with van der Waals surface area (Å²) in [5.74, 6) is 0.477. The largest absolute Gasteiger partial charge is 0.239 e. The van der Waals surface area contributed by atoms with E-state index in [0.29, 0.717) is 5.92 Å². The molecule has 0 nitrogen and oxygen atoms in total. The van der Waals surface area contributed by atoms with Crippen LogP contribution in [0.5, 0.6) is 0 Å². The maximum Gasteiger partial charge on any atom is 0.239 e. The molecule has 0 rings (SSSR count). The van der Waals surface area contributed by atoms with Crippen LogP contribution >= 0.6 is 21.6 Å². The molecule has 1 unspecified atom stereocenters. The molecule has 21 heavy (non-hydrogen) atoms. The van der Waals surface area contributed by atoms with Crippen LogP contribution in [0, 0.1) is 5.92 Å². The summed E-state index contributed by atoms with van der Waals surface area (Å²) in [5.41, 5.74) is 0. The first-order valence-corrected chi connectivity index (χ1v) is 11.2. The highest BCUT2D eigenvalue weighted by Gasteiger charge is 2.24. The van der Waals surface area contributed by atoms with E-state index in [1.807, 2.05) is 6.26 Å². The van der Waals surface area contributed by atoms with Gasteiger partial charge in [-0.15, -0.1) is 0 Å². The standard InChI is InChI=1S/C17H34F2S2/c1-4-6-8-10-12-15(13-11-9-7-5-2)16(21-20-3)14-17(18)19/h15-17H,4-14H2,1-3H3. The van der Waals surface area contributed by atoms with Gasteiger partial charge in [-0.3, -0.25) is 0 Å². The van der Waals surface area contributed by atoms with Gasteiger partial charge >= 0.3 is 0 Å². The Morgan fingerprint density at radius 1 is 0.810 bits per heavy atom. The molecule has 0 aromatic heterocycles. The van der Waals surface area contributed by atoms with Crippen molar-refractivity contribution in [3.05, 3.63) is 0 Å². The van der Waals surface area contributed by atoms with Crippen LogP contribution in [-0.4, -0.2) is 17.9 Å². The summed E-state index contributed by atoms with van der Waals surface area (Å²) in [4.78, 5) is 0. The van der Waals surface area contributed by atoms with E-state index in [4.69, 9.17) is 0 Å². The van der Waals surface area contributed by atoms with Crippen LogP contribution in [-0.2, 0) is 0 Å². The second kappa shape index (κ2) is 15.5. The third kappa shape index (κ3) is 12.8. The molecule has 0 N–H and O–H groups in total. The van der Waals surface area contributed by atoms with E-state index >= 15 is 0 Å². The van der Waals surface area contributed by atoms with E-state index in [2.05, 4.69) is 13.8 Å². The fourth-order valence-corrected chi connectivity index (χ4v) is 5.14. The topological polar surface area (TPSA) is 0 Å². The molecule has 0 aromatic carbocycles. The van der Waals surface area contributed by atoms with E-state index in [1.165, 1.54) is 51.4 Å². The highest BCUT2D eigenvalue weighted by atomic mass is 33.1. The highest BCUT2D eigenvalue weighted by Crippen LogP contribution is 2.38. The molecular formula is C17H34F2S2. The second-order valence-corrected chi connectivity index (χ2v) is 8.60. The summed E-state index contributed by atoms with van der Waals surface area (Å²) in [6, 6.07) is 0. The van der Waals surface area contributed by atoms with Crippen LogP contribution in [0.2, 0.25) is 0 Å². The molecule has 0 saturated carbocycles. The maximum atomic E-state index is 12.8. The van der Waals surface area contributed by atoms with Crippen molar-refractivity contribution in [1.82, 2.24) is 0 Å². The first kappa shape index (κ1) is 21.6. The Labute approximate surface area is 139 Å². The van der Waals surface area contributed by atoms with Crippen molar-refractivity contribution in [3.63, 3.8) is 0 Å². The molecule has 0 amide bonds. The molecule has 0 heterocycles. The Morgan fingerprint density at radius 3 is 1.71 bits per heavy atom. The fraction of sp³-hybridized carbons (Fsp3) is 1.00. The minimum absolute atomic E-state index is 0.0672. The van der Waals surface area contributed by atoms with Crippen molar-refractivity contribution in [2.24, 2.45) is 5.92 Å². The molecule has 0 aromatic rings. The molecule has 0 aliphatic heterocycles. The zero-order chi connectivity index (χ0) is 15.9. The molecule has 0 saturated heterocycles. The summed E-state index contributed by atoms with van der Waals surface area (Å²) >= 11 is 0. The first-order valence-electron chi connectivity index (χ1n) is 8.63. The van der Waals surface area contributed by atoms with Crippen LogP contribution in [0.1, 0.15) is 84.5 Å². The van der Waals surface area contributed by atoms with Crippen molar-refractivity contribution in [2.75, 3.05) is 6.26 Å². The summed E-state index contributed by atoms with van der Waals surface area (Å²) in [6.45, 7) is 4.43. The Hall–Kier alpha value is 0.560. The summed E-state index contributed by atoms with van der Waals surface area (Å²) in [6.07, 6.45) is 12.1. The number of hydrogen-bond acceptors (Lipinski definition) is 2. The number of unbranched alkanes of at least 4 members (excludes halogenated alkanes) is 6. The lowest BCUT2D eigenvalue weighted by Gasteiger charge is -2.26. The van der Waals surface area contributed by atoms with Gasteiger partial charge in [0, 0.05) is 11.7 Å². The normalized spacial score (nSPS) is 13.3. The van der Waals surface area contributed by atoms with Gasteiger partial charge in [0.15, 0.2) is 0 Å². The number of alkyl halides is 2. The highest BCUT2D eigenvalue weighted by molar-refractivity contribution is 8.76. The van der Waals surface area contributed by atoms with Gasteiger partial charge in [0.05, 0.1) is 0 Å². The molecular weight excluding hydrogens is 306 g/mol. The van der Waals surface area contributed by atoms with Gasteiger partial charge in [0.2, 0.25) is 6.43 Å². The molecule has 0 bridgehead atoms. The second-order valence-electron chi connectivity index (χ2n) is 5.89. The predicted molar refractivity (Wildman–Crippen MR) is 96.5 cm³/mol. The Bertz CT molecular complexity index is 201.